The first-order valence-corrected chi connectivity index (χ1v) is 11.2. The highest BCUT2D eigenvalue weighted by atomic mass is 16.5. The van der Waals surface area contributed by atoms with Gasteiger partial charge in [-0.05, 0) is 36.4 Å². The molecule has 2 aromatic rings. The molecule has 0 unspecified atom stereocenters. The second-order valence-corrected chi connectivity index (χ2v) is 8.34. The van der Waals surface area contributed by atoms with Crippen molar-refractivity contribution in [1.29, 1.82) is 0 Å². The Bertz CT molecular complexity index is 859. The van der Waals surface area contributed by atoms with Crippen LogP contribution in [0.5, 0.6) is 11.5 Å². The highest BCUT2D eigenvalue weighted by molar-refractivity contribution is 5.74. The molecular weight excluding hydrogens is 392 g/mol. The van der Waals surface area contributed by atoms with Gasteiger partial charge in [-0.3, -0.25) is 0 Å². The highest BCUT2D eigenvalue weighted by Crippen LogP contribution is 2.27. The van der Waals surface area contributed by atoms with Crippen LogP contribution in [0.25, 0.3) is 0 Å². The van der Waals surface area contributed by atoms with Gasteiger partial charge in [0.15, 0.2) is 0 Å². The van der Waals surface area contributed by atoms with Crippen molar-refractivity contribution in [1.82, 2.24) is 10.2 Å². The molecule has 0 saturated carbocycles. The number of phenols is 1. The van der Waals surface area contributed by atoms with Crippen LogP contribution in [0.2, 0.25) is 0 Å². The van der Waals surface area contributed by atoms with E-state index in [9.17, 15) is 9.90 Å². The Morgan fingerprint density at radius 1 is 1.06 bits per heavy atom. The van der Waals surface area contributed by atoms with Crippen molar-refractivity contribution < 1.29 is 19.5 Å². The number of nitrogens with zero attached hydrogens (tertiary/aromatic N) is 2. The minimum absolute atomic E-state index is 0.00552. The van der Waals surface area contributed by atoms with Gasteiger partial charge in [-0.1, -0.05) is 12.1 Å². The monoisotopic (exact) mass is 425 g/mol. The fourth-order valence-corrected chi connectivity index (χ4v) is 4.69. The van der Waals surface area contributed by atoms with Gasteiger partial charge in [-0.25, -0.2) is 4.79 Å². The molecule has 4 rings (SSSR count). The molecule has 0 spiro atoms. The number of phenolic OH excluding ortho intramolecular Hbond substituents is 1. The average Bonchev–Trinajstić information content (AvgIpc) is 3.34. The van der Waals surface area contributed by atoms with Crippen LogP contribution < -0.4 is 19.9 Å². The minimum Gasteiger partial charge on any atom is -0.506 e. The van der Waals surface area contributed by atoms with Crippen molar-refractivity contribution in [2.45, 2.75) is 18.9 Å². The summed E-state index contributed by atoms with van der Waals surface area (Å²) in [4.78, 5) is 18.4. The smallest absolute Gasteiger partial charge is 0.317 e. The Labute approximate surface area is 184 Å². The zero-order valence-electron chi connectivity index (χ0n) is 18.2. The van der Waals surface area contributed by atoms with Crippen molar-refractivity contribution in [2.24, 2.45) is 0 Å². The normalized spacial score (nSPS) is 18.1. The number of carbonyl (C=O) groups excluding carboxylic acids is 1. The van der Waals surface area contributed by atoms with E-state index < -0.39 is 0 Å². The van der Waals surface area contributed by atoms with E-state index in [-0.39, 0.29) is 17.8 Å². The number of benzene rings is 2. The number of ether oxygens (including phenoxy) is 1. The first-order chi connectivity index (χ1) is 15.2. The zero-order valence-corrected chi connectivity index (χ0v) is 18.2. The van der Waals surface area contributed by atoms with Crippen molar-refractivity contribution in [3.05, 3.63) is 54.1 Å². The lowest BCUT2D eigenvalue weighted by Crippen LogP contribution is -3.11. The zero-order chi connectivity index (χ0) is 21.6. The Morgan fingerprint density at radius 2 is 1.74 bits per heavy atom. The van der Waals surface area contributed by atoms with E-state index in [1.165, 1.54) is 23.3 Å². The SMILES string of the molecule is COc1ccc([C@H](CNC(=O)N2CCN(c3ccccc3O)CC2)[NH+]2CCCC2)cc1. The molecule has 2 aliphatic rings. The largest absolute Gasteiger partial charge is 0.506 e. The second-order valence-electron chi connectivity index (χ2n) is 8.34. The summed E-state index contributed by atoms with van der Waals surface area (Å²) < 4.78 is 5.30. The van der Waals surface area contributed by atoms with Crippen LogP contribution in [-0.2, 0) is 0 Å². The molecule has 3 N–H and O–H groups in total. The summed E-state index contributed by atoms with van der Waals surface area (Å²) in [5.74, 6) is 1.14. The third kappa shape index (κ3) is 5.05. The molecule has 0 aromatic heterocycles. The number of para-hydroxylation sites is 2. The molecule has 0 aliphatic carbocycles. The molecule has 166 valence electrons. The molecule has 2 aliphatic heterocycles. The predicted molar refractivity (Wildman–Crippen MR) is 121 cm³/mol. The van der Waals surface area contributed by atoms with E-state index in [2.05, 4.69) is 22.3 Å². The van der Waals surface area contributed by atoms with E-state index in [4.69, 9.17) is 4.74 Å². The quantitative estimate of drug-likeness (QED) is 0.658. The van der Waals surface area contributed by atoms with Crippen LogP contribution in [0, 0.1) is 0 Å². The number of quaternary nitrogens is 1. The Balaban J connectivity index is 1.34. The fraction of sp³-hybridized carbons (Fsp3) is 0.458. The van der Waals surface area contributed by atoms with Crippen molar-refractivity contribution in [3.8, 4) is 11.5 Å². The molecule has 2 fully saturated rings. The summed E-state index contributed by atoms with van der Waals surface area (Å²) in [5, 5.41) is 13.3. The number of hydrogen-bond donors (Lipinski definition) is 3. The molecular formula is C24H33N4O3+. The Hall–Kier alpha value is -2.93. The third-order valence-electron chi connectivity index (χ3n) is 6.50. The molecule has 7 heteroatoms. The number of amides is 2. The van der Waals surface area contributed by atoms with Gasteiger partial charge in [0.05, 0.1) is 32.4 Å². The standard InChI is InChI=1S/C24H32N4O3/c1-31-20-10-8-19(9-11-20)22(26-12-4-5-13-26)18-25-24(30)28-16-14-27(15-17-28)21-6-2-3-7-23(21)29/h2-3,6-11,22,29H,4-5,12-18H2,1H3,(H,25,30)/p+1/t22-/m0/s1. The maximum absolute atomic E-state index is 12.9. The summed E-state index contributed by atoms with van der Waals surface area (Å²) >= 11 is 0. The lowest BCUT2D eigenvalue weighted by Gasteiger charge is -2.36. The number of piperazine rings is 1. The van der Waals surface area contributed by atoms with Crippen LogP contribution >= 0.6 is 0 Å². The molecule has 31 heavy (non-hydrogen) atoms. The average molecular weight is 426 g/mol. The highest BCUT2D eigenvalue weighted by Gasteiger charge is 2.29. The summed E-state index contributed by atoms with van der Waals surface area (Å²) in [6.45, 7) is 5.63. The number of rotatable bonds is 6. The van der Waals surface area contributed by atoms with Gasteiger partial charge in [-0.2, -0.15) is 0 Å². The molecule has 2 saturated heterocycles. The van der Waals surface area contributed by atoms with Crippen LogP contribution in [0.4, 0.5) is 10.5 Å². The third-order valence-corrected chi connectivity index (χ3v) is 6.50. The van der Waals surface area contributed by atoms with E-state index in [0.29, 0.717) is 32.7 Å². The number of urea groups is 1. The van der Waals surface area contributed by atoms with Gasteiger partial charge >= 0.3 is 6.03 Å². The van der Waals surface area contributed by atoms with E-state index in [1.807, 2.05) is 35.2 Å². The van der Waals surface area contributed by atoms with Crippen LogP contribution in [-0.4, -0.2) is 69.0 Å². The maximum Gasteiger partial charge on any atom is 0.317 e. The predicted octanol–water partition coefficient (Wildman–Crippen LogP) is 1.65. The van der Waals surface area contributed by atoms with Gasteiger partial charge in [0.1, 0.15) is 17.5 Å². The number of anilines is 1. The second kappa shape index (κ2) is 9.92. The summed E-state index contributed by atoms with van der Waals surface area (Å²) in [6, 6.07) is 15.8. The lowest BCUT2D eigenvalue weighted by molar-refractivity contribution is -0.918. The first kappa shape index (κ1) is 21.3. The number of aromatic hydroxyl groups is 1. The molecule has 2 aromatic carbocycles. The van der Waals surface area contributed by atoms with E-state index in [1.54, 1.807) is 13.2 Å². The van der Waals surface area contributed by atoms with Crippen molar-refractivity contribution in [3.63, 3.8) is 0 Å². The lowest BCUT2D eigenvalue weighted by atomic mass is 10.1. The molecule has 7 nitrogen and oxygen atoms in total. The molecule has 2 amide bonds. The summed E-state index contributed by atoms with van der Waals surface area (Å²) in [6.07, 6.45) is 2.48. The number of methoxy groups -OCH3 is 1. The van der Waals surface area contributed by atoms with Gasteiger partial charge in [0.25, 0.3) is 0 Å². The maximum atomic E-state index is 12.9. The van der Waals surface area contributed by atoms with Crippen molar-refractivity contribution >= 4 is 11.7 Å². The van der Waals surface area contributed by atoms with Gasteiger partial charge in [-0.15, -0.1) is 0 Å². The first-order valence-electron chi connectivity index (χ1n) is 11.2. The Morgan fingerprint density at radius 3 is 2.39 bits per heavy atom. The molecule has 2 heterocycles. The number of carbonyl (C=O) groups is 1. The minimum atomic E-state index is -0.00552. The Kier molecular flexibility index (Phi) is 6.82. The van der Waals surface area contributed by atoms with Gasteiger partial charge < -0.3 is 29.9 Å². The van der Waals surface area contributed by atoms with Crippen LogP contribution in [0.1, 0.15) is 24.4 Å². The van der Waals surface area contributed by atoms with Gasteiger partial charge in [0, 0.05) is 44.6 Å². The molecule has 0 bridgehead atoms. The van der Waals surface area contributed by atoms with Crippen LogP contribution in [0.3, 0.4) is 0 Å². The number of nitrogens with one attached hydrogen (secondary N) is 2. The summed E-state index contributed by atoms with van der Waals surface area (Å²) in [5.41, 5.74) is 2.07. The van der Waals surface area contributed by atoms with Crippen LogP contribution in [0.15, 0.2) is 48.5 Å². The van der Waals surface area contributed by atoms with E-state index in [0.717, 1.165) is 24.5 Å². The molecule has 1 atom stereocenters. The fourth-order valence-electron chi connectivity index (χ4n) is 4.69. The van der Waals surface area contributed by atoms with Gasteiger partial charge in [0.2, 0.25) is 0 Å². The molecule has 0 radical (unpaired) electrons. The van der Waals surface area contributed by atoms with Crippen molar-refractivity contribution in [2.75, 3.05) is 57.8 Å². The number of hydrogen-bond acceptors (Lipinski definition) is 4. The number of likely N-dealkylation sites (tertiary alicyclic amines) is 1. The topological polar surface area (TPSA) is 69.5 Å². The summed E-state index contributed by atoms with van der Waals surface area (Å²) in [7, 11) is 1.68. The van der Waals surface area contributed by atoms with E-state index >= 15 is 0 Å².